The summed E-state index contributed by atoms with van der Waals surface area (Å²) in [6.45, 7) is -2.25. The van der Waals surface area contributed by atoms with Crippen LogP contribution >= 0.6 is 0 Å². The van der Waals surface area contributed by atoms with Gasteiger partial charge in [-0.2, -0.15) is 52.7 Å². The van der Waals surface area contributed by atoms with E-state index in [1.165, 1.54) is 0 Å². The number of rotatable bonds is 7. The van der Waals surface area contributed by atoms with E-state index in [-0.39, 0.29) is 40.0 Å². The fourth-order valence-corrected chi connectivity index (χ4v) is 4.19. The van der Waals surface area contributed by atoms with Gasteiger partial charge in [0, 0.05) is 18.7 Å². The van der Waals surface area contributed by atoms with Crippen LogP contribution in [-0.4, -0.2) is 34.5 Å². The zero-order valence-corrected chi connectivity index (χ0v) is 21.9. The summed E-state index contributed by atoms with van der Waals surface area (Å²) in [5.74, 6) is -0.223. The number of halogens is 12. The molecule has 0 bridgehead atoms. The molecule has 0 aliphatic heterocycles. The molecule has 3 rings (SSSR count). The van der Waals surface area contributed by atoms with Crippen LogP contribution in [0.3, 0.4) is 0 Å². The van der Waals surface area contributed by atoms with Gasteiger partial charge in [-0.1, -0.05) is 12.1 Å². The Bertz CT molecular complexity index is 1480. The predicted molar refractivity (Wildman–Crippen MR) is 128 cm³/mol. The molecule has 1 atom stereocenters. The van der Waals surface area contributed by atoms with Crippen LogP contribution in [0.15, 0.2) is 54.6 Å². The van der Waals surface area contributed by atoms with E-state index >= 15 is 0 Å². The van der Waals surface area contributed by atoms with Crippen LogP contribution < -0.4 is 4.74 Å². The smallest absolute Gasteiger partial charge is 0.418 e. The van der Waals surface area contributed by atoms with E-state index in [1.54, 1.807) is 0 Å². The van der Waals surface area contributed by atoms with E-state index in [9.17, 15) is 67.7 Å². The minimum atomic E-state index is -5.28. The quantitative estimate of drug-likeness (QED) is 0.252. The van der Waals surface area contributed by atoms with Gasteiger partial charge in [0.2, 0.25) is 0 Å². The molecule has 0 heterocycles. The zero-order chi connectivity index (χ0) is 33.4. The Balaban J connectivity index is 2.19. The summed E-state index contributed by atoms with van der Waals surface area (Å²) in [5.41, 5.74) is -7.69. The number of nitrogens with zero attached hydrogens (tertiary/aromatic N) is 1. The summed E-state index contributed by atoms with van der Waals surface area (Å²) in [5, 5.41) is 19.4. The first-order valence-corrected chi connectivity index (χ1v) is 11.9. The highest BCUT2D eigenvalue weighted by Crippen LogP contribution is 2.41. The molecular weight excluding hydrogens is 630 g/mol. The lowest BCUT2D eigenvalue weighted by Gasteiger charge is -2.24. The number of hydrogen-bond donors (Lipinski definition) is 2. The van der Waals surface area contributed by atoms with Gasteiger partial charge in [-0.25, -0.2) is 4.79 Å². The van der Waals surface area contributed by atoms with Crippen molar-refractivity contribution in [3.05, 3.63) is 88.0 Å². The minimum Gasteiger partial charge on any atom is -0.496 e. The molecule has 0 radical (unpaired) electrons. The third kappa shape index (κ3) is 8.06. The number of methoxy groups -OCH3 is 1. The fourth-order valence-electron chi connectivity index (χ4n) is 4.19. The molecule has 240 valence electrons. The lowest BCUT2D eigenvalue weighted by molar-refractivity contribution is -0.206. The normalized spacial score (nSPS) is 13.5. The molecule has 1 amide bonds. The number of carbonyl (C=O) groups is 1. The van der Waals surface area contributed by atoms with Crippen molar-refractivity contribution in [3.8, 4) is 16.9 Å². The van der Waals surface area contributed by atoms with Crippen LogP contribution in [-0.2, 0) is 31.6 Å². The van der Waals surface area contributed by atoms with E-state index in [0.29, 0.717) is 12.1 Å². The number of carboxylic acid groups (broad SMARTS) is 1. The maximum atomic E-state index is 13.6. The first-order chi connectivity index (χ1) is 20.0. The van der Waals surface area contributed by atoms with Crippen LogP contribution in [0.5, 0.6) is 5.75 Å². The van der Waals surface area contributed by atoms with Crippen LogP contribution in [0.1, 0.15) is 39.5 Å². The van der Waals surface area contributed by atoms with Crippen LogP contribution in [0.2, 0.25) is 0 Å². The molecule has 0 aliphatic rings. The highest BCUT2D eigenvalue weighted by atomic mass is 19.4. The third-order valence-corrected chi connectivity index (χ3v) is 6.22. The molecule has 0 spiro atoms. The molecule has 3 aromatic carbocycles. The van der Waals surface area contributed by atoms with Crippen molar-refractivity contribution < 1.29 is 72.4 Å². The van der Waals surface area contributed by atoms with Crippen LogP contribution in [0.25, 0.3) is 11.1 Å². The Morgan fingerprint density at radius 3 is 1.73 bits per heavy atom. The molecule has 0 fully saturated rings. The van der Waals surface area contributed by atoms with Gasteiger partial charge in [-0.05, 0) is 64.7 Å². The summed E-state index contributed by atoms with van der Waals surface area (Å²) >= 11 is 0. The van der Waals surface area contributed by atoms with E-state index in [2.05, 4.69) is 0 Å². The molecule has 0 aromatic heterocycles. The summed E-state index contributed by atoms with van der Waals surface area (Å²) in [4.78, 5) is 12.3. The van der Waals surface area contributed by atoms with Crippen molar-refractivity contribution in [1.29, 1.82) is 0 Å². The molecule has 3 aromatic rings. The second-order valence-corrected chi connectivity index (χ2v) is 9.33. The Morgan fingerprint density at radius 2 is 1.27 bits per heavy atom. The fraction of sp³-hybridized carbons (Fsp3) is 0.296. The average molecular weight is 649 g/mol. The summed E-state index contributed by atoms with van der Waals surface area (Å²) in [6, 6.07) is 4.49. The number of amides is 1. The number of aliphatic hydroxyl groups is 1. The monoisotopic (exact) mass is 649 g/mol. The van der Waals surface area contributed by atoms with Crippen molar-refractivity contribution >= 4 is 6.09 Å². The summed E-state index contributed by atoms with van der Waals surface area (Å²) in [6.07, 6.45) is -25.7. The van der Waals surface area contributed by atoms with Crippen molar-refractivity contribution in [2.24, 2.45) is 0 Å². The van der Waals surface area contributed by atoms with E-state index < -0.39 is 83.4 Å². The highest BCUT2D eigenvalue weighted by Gasteiger charge is 2.40. The van der Waals surface area contributed by atoms with Crippen molar-refractivity contribution in [2.45, 2.75) is 43.9 Å². The Labute approximate surface area is 239 Å². The lowest BCUT2D eigenvalue weighted by atomic mass is 9.93. The van der Waals surface area contributed by atoms with Crippen LogP contribution in [0, 0.1) is 0 Å². The average Bonchev–Trinajstić information content (AvgIpc) is 2.89. The number of ether oxygens (including phenoxy) is 1. The number of hydrogen-bond acceptors (Lipinski definition) is 3. The molecule has 5 nitrogen and oxygen atoms in total. The maximum Gasteiger partial charge on any atom is 0.418 e. The molecule has 2 N–H and O–H groups in total. The van der Waals surface area contributed by atoms with Gasteiger partial charge < -0.3 is 14.9 Å². The SMILES string of the molecule is COc1ccc(C(O)C(F)(F)F)cc1-c1ccc(C(F)(F)F)cc1CN(Cc1cc(C(F)(F)F)cc(C(F)(F)F)c1)C(=O)O. The summed E-state index contributed by atoms with van der Waals surface area (Å²) in [7, 11) is 1.05. The topological polar surface area (TPSA) is 70.0 Å². The highest BCUT2D eigenvalue weighted by molar-refractivity contribution is 5.75. The predicted octanol–water partition coefficient (Wildman–Crippen LogP) is 8.69. The Hall–Kier alpha value is -4.15. The Kier molecular flexibility index (Phi) is 9.44. The van der Waals surface area contributed by atoms with E-state index in [0.717, 1.165) is 31.4 Å². The van der Waals surface area contributed by atoms with Gasteiger partial charge in [-0.3, -0.25) is 4.90 Å². The summed E-state index contributed by atoms with van der Waals surface area (Å²) < 4.78 is 165. The molecule has 0 saturated heterocycles. The van der Waals surface area contributed by atoms with Crippen LogP contribution in [0.4, 0.5) is 57.5 Å². The first kappa shape index (κ1) is 34.3. The number of benzene rings is 3. The Morgan fingerprint density at radius 1 is 0.727 bits per heavy atom. The molecule has 0 aliphatic carbocycles. The van der Waals surface area contributed by atoms with Crippen molar-refractivity contribution in [1.82, 2.24) is 4.90 Å². The molecule has 17 heteroatoms. The third-order valence-electron chi connectivity index (χ3n) is 6.22. The van der Waals surface area contributed by atoms with Gasteiger partial charge in [0.15, 0.2) is 6.10 Å². The second kappa shape index (κ2) is 12.1. The first-order valence-electron chi connectivity index (χ1n) is 11.9. The van der Waals surface area contributed by atoms with Gasteiger partial charge in [0.25, 0.3) is 0 Å². The molecular formula is C27H19F12NO4. The standard InChI is InChI=1S/C27H19F12NO4/c1-44-21-5-2-14(22(41)27(37,38)39)9-20(21)19-4-3-16(24(28,29)30)8-15(19)12-40(23(42)43)11-13-6-17(25(31,32)33)10-18(7-13)26(34,35)36/h2-10,22,41H,11-12H2,1H3,(H,42,43). The minimum absolute atomic E-state index is 0.200. The number of alkyl halides is 12. The van der Waals surface area contributed by atoms with Crippen molar-refractivity contribution in [2.75, 3.05) is 7.11 Å². The van der Waals surface area contributed by atoms with Gasteiger partial charge in [0.1, 0.15) is 5.75 Å². The largest absolute Gasteiger partial charge is 0.496 e. The lowest BCUT2D eigenvalue weighted by Crippen LogP contribution is -2.29. The van der Waals surface area contributed by atoms with E-state index in [4.69, 9.17) is 4.74 Å². The van der Waals surface area contributed by atoms with Crippen molar-refractivity contribution in [3.63, 3.8) is 0 Å². The van der Waals surface area contributed by atoms with Gasteiger partial charge in [-0.15, -0.1) is 0 Å². The molecule has 1 unspecified atom stereocenters. The van der Waals surface area contributed by atoms with E-state index in [1.807, 2.05) is 0 Å². The maximum absolute atomic E-state index is 13.6. The zero-order valence-electron chi connectivity index (χ0n) is 21.9. The second-order valence-electron chi connectivity index (χ2n) is 9.33. The number of aliphatic hydroxyl groups excluding tert-OH is 1. The molecule has 44 heavy (non-hydrogen) atoms. The van der Waals surface area contributed by atoms with Gasteiger partial charge >= 0.3 is 30.8 Å². The van der Waals surface area contributed by atoms with Gasteiger partial charge in [0.05, 0.1) is 23.8 Å². The molecule has 0 saturated carbocycles.